The van der Waals surface area contributed by atoms with Crippen molar-refractivity contribution >= 4 is 33.0 Å². The van der Waals surface area contributed by atoms with Crippen molar-refractivity contribution in [2.24, 2.45) is 23.2 Å². The molecule has 1 amide bonds. The molecule has 1 atom stereocenters. The van der Waals surface area contributed by atoms with E-state index in [2.05, 4.69) is 0 Å². The monoisotopic (exact) mass is 419 g/mol. The van der Waals surface area contributed by atoms with E-state index >= 15 is 0 Å². The minimum absolute atomic E-state index is 0.0450. The van der Waals surface area contributed by atoms with Crippen molar-refractivity contribution in [2.75, 3.05) is 10.7 Å². The van der Waals surface area contributed by atoms with E-state index in [9.17, 15) is 13.2 Å². The molecule has 1 aromatic carbocycles. The highest BCUT2D eigenvalue weighted by molar-refractivity contribution is 7.94. The standard InChI is InChI=1S/C22H26ClNO3S/c1-14-2-3-18(9-20(14)23)24(19-4-5-28(26,27)13-19)21(25)22-10-15-6-16(11-22)8-17(7-15)12-22/h2-5,9,15-17,19H,6-8,10-13H2,1H3/t15?,16?,17?,19-,22?/m1/s1. The lowest BCUT2D eigenvalue weighted by Crippen LogP contribution is -2.57. The summed E-state index contributed by atoms with van der Waals surface area (Å²) in [5.74, 6) is 2.03. The molecule has 1 heterocycles. The minimum atomic E-state index is -3.26. The molecule has 0 unspecified atom stereocenters. The minimum Gasteiger partial charge on any atom is -0.304 e. The smallest absolute Gasteiger partial charge is 0.233 e. The number of benzene rings is 1. The molecular weight excluding hydrogens is 394 g/mol. The van der Waals surface area contributed by atoms with E-state index in [1.807, 2.05) is 25.1 Å². The van der Waals surface area contributed by atoms with Crippen LogP contribution in [-0.2, 0) is 14.6 Å². The lowest BCUT2D eigenvalue weighted by Gasteiger charge is -2.57. The predicted molar refractivity (Wildman–Crippen MR) is 111 cm³/mol. The van der Waals surface area contributed by atoms with Crippen LogP contribution in [-0.4, -0.2) is 26.1 Å². The van der Waals surface area contributed by atoms with Gasteiger partial charge in [0.15, 0.2) is 9.84 Å². The van der Waals surface area contributed by atoms with Crippen LogP contribution in [0.5, 0.6) is 0 Å². The number of carbonyl (C=O) groups is 1. The first kappa shape index (κ1) is 18.7. The third kappa shape index (κ3) is 3.02. The zero-order chi connectivity index (χ0) is 19.7. The van der Waals surface area contributed by atoms with Crippen LogP contribution in [0.25, 0.3) is 0 Å². The first-order valence-electron chi connectivity index (χ1n) is 10.3. The zero-order valence-electron chi connectivity index (χ0n) is 16.1. The average molecular weight is 420 g/mol. The van der Waals surface area contributed by atoms with Gasteiger partial charge in [-0.3, -0.25) is 4.79 Å². The van der Waals surface area contributed by atoms with Crippen molar-refractivity contribution < 1.29 is 13.2 Å². The second-order valence-corrected chi connectivity index (χ2v) is 11.9. The van der Waals surface area contributed by atoms with E-state index in [0.717, 1.165) is 24.8 Å². The number of carbonyl (C=O) groups excluding carboxylic acids is 1. The number of halogens is 1. The third-order valence-corrected chi connectivity index (χ3v) is 9.17. The fraction of sp³-hybridized carbons (Fsp3) is 0.591. The molecule has 4 nitrogen and oxygen atoms in total. The largest absolute Gasteiger partial charge is 0.304 e. The maximum Gasteiger partial charge on any atom is 0.233 e. The van der Waals surface area contributed by atoms with Crippen LogP contribution in [0.1, 0.15) is 44.1 Å². The molecule has 6 heteroatoms. The van der Waals surface area contributed by atoms with E-state index in [-0.39, 0.29) is 17.1 Å². The van der Waals surface area contributed by atoms with Gasteiger partial charge in [0.2, 0.25) is 5.91 Å². The van der Waals surface area contributed by atoms with Crippen molar-refractivity contribution in [2.45, 2.75) is 51.5 Å². The van der Waals surface area contributed by atoms with Crippen molar-refractivity contribution in [3.8, 4) is 0 Å². The van der Waals surface area contributed by atoms with E-state index in [4.69, 9.17) is 11.6 Å². The van der Waals surface area contributed by atoms with E-state index < -0.39 is 15.9 Å². The highest BCUT2D eigenvalue weighted by Crippen LogP contribution is 2.61. The molecular formula is C22H26ClNO3S. The first-order valence-corrected chi connectivity index (χ1v) is 12.3. The molecule has 0 aromatic heterocycles. The van der Waals surface area contributed by atoms with Crippen LogP contribution < -0.4 is 4.90 Å². The van der Waals surface area contributed by atoms with Gasteiger partial charge in [-0.15, -0.1) is 0 Å². The Balaban J connectivity index is 1.55. The molecule has 4 fully saturated rings. The number of rotatable bonds is 3. The third-order valence-electron chi connectivity index (χ3n) is 7.39. The van der Waals surface area contributed by atoms with Crippen LogP contribution in [0.4, 0.5) is 5.69 Å². The number of nitrogens with zero attached hydrogens (tertiary/aromatic N) is 1. The van der Waals surface area contributed by atoms with Gasteiger partial charge in [0.05, 0.1) is 17.2 Å². The number of sulfone groups is 1. The quantitative estimate of drug-likeness (QED) is 0.724. The number of amides is 1. The first-order chi connectivity index (χ1) is 13.2. The fourth-order valence-electron chi connectivity index (χ4n) is 6.54. The van der Waals surface area contributed by atoms with E-state index in [1.54, 1.807) is 11.0 Å². The summed E-state index contributed by atoms with van der Waals surface area (Å²) in [4.78, 5) is 15.8. The van der Waals surface area contributed by atoms with Crippen molar-refractivity contribution in [3.05, 3.63) is 40.3 Å². The van der Waals surface area contributed by atoms with Crippen LogP contribution >= 0.6 is 11.6 Å². The van der Waals surface area contributed by atoms with E-state index in [0.29, 0.717) is 28.5 Å². The van der Waals surface area contributed by atoms with Gasteiger partial charge in [0, 0.05) is 16.1 Å². The molecule has 1 aliphatic heterocycles. The molecule has 0 saturated heterocycles. The van der Waals surface area contributed by atoms with Gasteiger partial charge >= 0.3 is 0 Å². The molecule has 0 spiro atoms. The molecule has 6 rings (SSSR count). The summed E-state index contributed by atoms with van der Waals surface area (Å²) in [6.45, 7) is 1.93. The van der Waals surface area contributed by atoms with Crippen LogP contribution in [0.2, 0.25) is 5.02 Å². The Labute approximate surface area is 171 Å². The van der Waals surface area contributed by atoms with Gasteiger partial charge in [0.25, 0.3) is 0 Å². The van der Waals surface area contributed by atoms with Crippen molar-refractivity contribution in [1.82, 2.24) is 0 Å². The molecule has 0 N–H and O–H groups in total. The summed E-state index contributed by atoms with van der Waals surface area (Å²) < 4.78 is 24.2. The predicted octanol–water partition coefficient (Wildman–Crippen LogP) is 4.51. The maximum absolute atomic E-state index is 14.0. The van der Waals surface area contributed by atoms with Crippen molar-refractivity contribution in [3.63, 3.8) is 0 Å². The second kappa shape index (κ2) is 6.33. The molecule has 150 valence electrons. The lowest BCUT2D eigenvalue weighted by molar-refractivity contribution is -0.143. The molecule has 4 saturated carbocycles. The van der Waals surface area contributed by atoms with Gasteiger partial charge in [0.1, 0.15) is 0 Å². The summed E-state index contributed by atoms with van der Waals surface area (Å²) >= 11 is 6.37. The fourth-order valence-corrected chi connectivity index (χ4v) is 7.98. The van der Waals surface area contributed by atoms with Crippen LogP contribution in [0.15, 0.2) is 29.7 Å². The van der Waals surface area contributed by atoms with Crippen LogP contribution in [0, 0.1) is 30.1 Å². The summed E-state index contributed by atoms with van der Waals surface area (Å²) in [5, 5.41) is 1.86. The van der Waals surface area contributed by atoms with Gasteiger partial charge < -0.3 is 4.90 Å². The molecule has 4 bridgehead atoms. The molecule has 1 aromatic rings. The Morgan fingerprint density at radius 2 is 1.71 bits per heavy atom. The summed E-state index contributed by atoms with van der Waals surface area (Å²) in [7, 11) is -3.26. The van der Waals surface area contributed by atoms with E-state index in [1.165, 1.54) is 24.7 Å². The molecule has 0 radical (unpaired) electrons. The highest BCUT2D eigenvalue weighted by Gasteiger charge is 2.56. The molecule has 4 aliphatic carbocycles. The summed E-state index contributed by atoms with van der Waals surface area (Å²) in [6, 6.07) is 5.17. The Bertz CT molecular complexity index is 933. The van der Waals surface area contributed by atoms with Gasteiger partial charge in [-0.1, -0.05) is 17.7 Å². The zero-order valence-corrected chi connectivity index (χ0v) is 17.7. The number of anilines is 1. The highest BCUT2D eigenvalue weighted by atomic mass is 35.5. The number of hydrogen-bond donors (Lipinski definition) is 0. The maximum atomic E-state index is 14.0. The normalized spacial score (nSPS) is 37.4. The Hall–Kier alpha value is -1.33. The van der Waals surface area contributed by atoms with Gasteiger partial charge in [-0.05, 0) is 87.0 Å². The Kier molecular flexibility index (Phi) is 4.23. The lowest BCUT2D eigenvalue weighted by atomic mass is 9.49. The average Bonchev–Trinajstić information content (AvgIpc) is 2.96. The number of aryl methyl sites for hydroxylation is 1. The molecule has 28 heavy (non-hydrogen) atoms. The Morgan fingerprint density at radius 3 is 2.21 bits per heavy atom. The van der Waals surface area contributed by atoms with Gasteiger partial charge in [-0.2, -0.15) is 0 Å². The number of hydrogen-bond acceptors (Lipinski definition) is 3. The Morgan fingerprint density at radius 1 is 1.11 bits per heavy atom. The summed E-state index contributed by atoms with van der Waals surface area (Å²) in [6.07, 6.45) is 8.33. The van der Waals surface area contributed by atoms with Gasteiger partial charge in [-0.25, -0.2) is 8.42 Å². The molecule has 5 aliphatic rings. The SMILES string of the molecule is Cc1ccc(N(C(=O)C23CC4CC(CC(C4)C2)C3)[C@@H]2C=CS(=O)(=O)C2)cc1Cl. The second-order valence-electron chi connectivity index (χ2n) is 9.53. The van der Waals surface area contributed by atoms with Crippen LogP contribution in [0.3, 0.4) is 0 Å². The van der Waals surface area contributed by atoms with Crippen molar-refractivity contribution in [1.29, 1.82) is 0 Å². The summed E-state index contributed by atoms with van der Waals surface area (Å²) in [5.41, 5.74) is 1.33. The topological polar surface area (TPSA) is 54.5 Å².